The Morgan fingerprint density at radius 1 is 0.885 bits per heavy atom. The molecule has 8 nitrogen and oxygen atoms in total. The standard InChI is InChI=1S/C44H63N5O3/c1-29(2)27-48(28-30(3)4)41(50)44(11,12)36-24-37-38(33(7)25-46-18-14-13-15-34-16-19-45-20-17-34)39(35-22-31(5)21-32(6)23-35)49(40(37)47-26-36)42(51)52-43(8,9)10/h16-17,19-24,26,29-30,33,46H,13-15,18,25,27-28H2,1-12H3/t33-/m1/s1. The molecule has 52 heavy (non-hydrogen) atoms. The zero-order chi connectivity index (χ0) is 38.4. The molecule has 8 heteroatoms. The summed E-state index contributed by atoms with van der Waals surface area (Å²) in [4.78, 5) is 39.7. The fourth-order valence-electron chi connectivity index (χ4n) is 7.10. The number of ether oxygens (including phenoxy) is 1. The molecular weight excluding hydrogens is 647 g/mol. The highest BCUT2D eigenvalue weighted by Gasteiger charge is 2.37. The van der Waals surface area contributed by atoms with Gasteiger partial charge in [0.15, 0.2) is 0 Å². The largest absolute Gasteiger partial charge is 0.443 e. The molecule has 0 aliphatic heterocycles. The Balaban J connectivity index is 1.83. The highest BCUT2D eigenvalue weighted by molar-refractivity contribution is 5.99. The maximum Gasteiger partial charge on any atom is 0.420 e. The maximum atomic E-state index is 14.3. The molecule has 0 saturated heterocycles. The van der Waals surface area contributed by atoms with E-state index in [1.807, 2.05) is 51.9 Å². The molecule has 0 bridgehead atoms. The van der Waals surface area contributed by atoms with Crippen molar-refractivity contribution in [2.75, 3.05) is 26.2 Å². The zero-order valence-corrected chi connectivity index (χ0v) is 33.9. The van der Waals surface area contributed by atoms with Crippen LogP contribution < -0.4 is 5.32 Å². The Morgan fingerprint density at radius 3 is 2.08 bits per heavy atom. The summed E-state index contributed by atoms with van der Waals surface area (Å²) >= 11 is 0. The van der Waals surface area contributed by atoms with Crippen LogP contribution in [0.4, 0.5) is 4.79 Å². The van der Waals surface area contributed by atoms with E-state index in [9.17, 15) is 9.59 Å². The number of unbranched alkanes of at least 4 members (excludes halogenated alkanes) is 1. The first kappa shape index (κ1) is 40.7. The molecule has 1 atom stereocenters. The highest BCUT2D eigenvalue weighted by atomic mass is 16.6. The Hall–Kier alpha value is -4.04. The molecule has 0 radical (unpaired) electrons. The van der Waals surface area contributed by atoms with Crippen LogP contribution in [0.1, 0.15) is 116 Å². The number of amides is 1. The van der Waals surface area contributed by atoms with Gasteiger partial charge in [0, 0.05) is 43.6 Å². The number of aryl methyl sites for hydroxylation is 3. The molecule has 1 N–H and O–H groups in total. The summed E-state index contributed by atoms with van der Waals surface area (Å²) in [5, 5.41) is 4.57. The molecule has 0 aliphatic carbocycles. The molecule has 1 aromatic carbocycles. The predicted molar refractivity (Wildman–Crippen MR) is 214 cm³/mol. The first-order valence-corrected chi connectivity index (χ1v) is 19.1. The van der Waals surface area contributed by atoms with E-state index >= 15 is 0 Å². The van der Waals surface area contributed by atoms with Crippen molar-refractivity contribution in [2.45, 2.75) is 119 Å². The Bertz CT molecular complexity index is 1790. The minimum atomic E-state index is -0.841. The van der Waals surface area contributed by atoms with E-state index < -0.39 is 17.1 Å². The van der Waals surface area contributed by atoms with Crippen molar-refractivity contribution in [1.82, 2.24) is 24.8 Å². The van der Waals surface area contributed by atoms with Crippen LogP contribution in [0, 0.1) is 25.7 Å². The van der Waals surface area contributed by atoms with Gasteiger partial charge < -0.3 is 15.0 Å². The van der Waals surface area contributed by atoms with Crippen LogP contribution in [0.25, 0.3) is 22.3 Å². The van der Waals surface area contributed by atoms with Crippen LogP contribution in [0.3, 0.4) is 0 Å². The number of rotatable bonds is 15. The van der Waals surface area contributed by atoms with Crippen LogP contribution in [0.15, 0.2) is 55.0 Å². The SMILES string of the molecule is Cc1cc(C)cc(-c2c([C@H](C)CNCCCCc3ccncc3)c3cc(C(C)(C)C(=O)N(CC(C)C)CC(C)C)cnc3n2C(=O)OC(C)(C)C)c1. The number of benzene rings is 1. The Labute approximate surface area is 312 Å². The summed E-state index contributed by atoms with van der Waals surface area (Å²) in [6.07, 6.45) is 8.16. The number of nitrogens with one attached hydrogen (secondary N) is 1. The van der Waals surface area contributed by atoms with Gasteiger partial charge in [-0.05, 0) is 145 Å². The van der Waals surface area contributed by atoms with Gasteiger partial charge >= 0.3 is 6.09 Å². The number of aromatic nitrogens is 3. The van der Waals surface area contributed by atoms with Crippen molar-refractivity contribution in [2.24, 2.45) is 11.8 Å². The number of carbonyl (C=O) groups is 2. The van der Waals surface area contributed by atoms with E-state index in [1.165, 1.54) is 5.56 Å². The highest BCUT2D eigenvalue weighted by Crippen LogP contribution is 2.41. The smallest absolute Gasteiger partial charge is 0.420 e. The molecule has 3 heterocycles. The van der Waals surface area contributed by atoms with Gasteiger partial charge in [0.25, 0.3) is 0 Å². The van der Waals surface area contributed by atoms with E-state index in [2.05, 4.69) is 95.2 Å². The van der Waals surface area contributed by atoms with Crippen molar-refractivity contribution in [3.63, 3.8) is 0 Å². The molecule has 0 fully saturated rings. The summed E-state index contributed by atoms with van der Waals surface area (Å²) in [6, 6.07) is 12.7. The van der Waals surface area contributed by atoms with Crippen LogP contribution in [0.5, 0.6) is 0 Å². The lowest BCUT2D eigenvalue weighted by Crippen LogP contribution is -2.46. The maximum absolute atomic E-state index is 14.3. The Kier molecular flexibility index (Phi) is 13.5. The number of carbonyl (C=O) groups excluding carboxylic acids is 2. The summed E-state index contributed by atoms with van der Waals surface area (Å²) in [5.74, 6) is 0.785. The first-order chi connectivity index (χ1) is 24.4. The average molecular weight is 710 g/mol. The van der Waals surface area contributed by atoms with Crippen LogP contribution >= 0.6 is 0 Å². The van der Waals surface area contributed by atoms with Gasteiger partial charge in [0.1, 0.15) is 11.2 Å². The second-order valence-corrected chi connectivity index (χ2v) is 17.1. The molecule has 0 unspecified atom stereocenters. The zero-order valence-electron chi connectivity index (χ0n) is 33.9. The molecular formula is C44H63N5O3. The molecule has 4 aromatic rings. The molecule has 282 valence electrons. The molecule has 0 saturated carbocycles. The second kappa shape index (κ2) is 17.2. The average Bonchev–Trinajstić information content (AvgIpc) is 3.39. The fourth-order valence-corrected chi connectivity index (χ4v) is 7.10. The number of pyridine rings is 2. The third-order valence-corrected chi connectivity index (χ3v) is 9.39. The lowest BCUT2D eigenvalue weighted by molar-refractivity contribution is -0.137. The third kappa shape index (κ3) is 10.3. The molecule has 3 aromatic heterocycles. The van der Waals surface area contributed by atoms with Gasteiger partial charge in [0.05, 0.1) is 11.1 Å². The van der Waals surface area contributed by atoms with Crippen molar-refractivity contribution in [1.29, 1.82) is 0 Å². The second-order valence-electron chi connectivity index (χ2n) is 17.1. The van der Waals surface area contributed by atoms with E-state index in [0.717, 1.165) is 64.7 Å². The molecule has 1 amide bonds. The van der Waals surface area contributed by atoms with E-state index in [-0.39, 0.29) is 11.8 Å². The summed E-state index contributed by atoms with van der Waals surface area (Å²) in [5.41, 5.74) is 6.09. The normalized spacial score (nSPS) is 12.9. The summed E-state index contributed by atoms with van der Waals surface area (Å²) in [6.45, 7) is 27.6. The monoisotopic (exact) mass is 709 g/mol. The van der Waals surface area contributed by atoms with Crippen LogP contribution in [-0.4, -0.2) is 63.2 Å². The molecule has 0 spiro atoms. The van der Waals surface area contributed by atoms with E-state index in [4.69, 9.17) is 9.72 Å². The van der Waals surface area contributed by atoms with Gasteiger partial charge in [-0.25, -0.2) is 14.3 Å². The third-order valence-electron chi connectivity index (χ3n) is 9.39. The first-order valence-electron chi connectivity index (χ1n) is 19.1. The van der Waals surface area contributed by atoms with Gasteiger partial charge in [-0.3, -0.25) is 9.78 Å². The Morgan fingerprint density at radius 2 is 1.50 bits per heavy atom. The minimum absolute atomic E-state index is 0.0106. The molecule has 4 rings (SSSR count). The van der Waals surface area contributed by atoms with Gasteiger partial charge in [0.2, 0.25) is 5.91 Å². The fraction of sp³-hybridized carbons (Fsp3) is 0.545. The van der Waals surface area contributed by atoms with E-state index in [0.29, 0.717) is 37.1 Å². The lowest BCUT2D eigenvalue weighted by atomic mass is 9.82. The van der Waals surface area contributed by atoms with Crippen molar-refractivity contribution in [3.8, 4) is 11.3 Å². The van der Waals surface area contributed by atoms with Gasteiger partial charge in [-0.1, -0.05) is 51.8 Å². The quantitative estimate of drug-likeness (QED) is 0.124. The minimum Gasteiger partial charge on any atom is -0.443 e. The number of hydrogen-bond donors (Lipinski definition) is 1. The van der Waals surface area contributed by atoms with E-state index in [1.54, 1.807) is 10.8 Å². The predicted octanol–water partition coefficient (Wildman–Crippen LogP) is 9.63. The van der Waals surface area contributed by atoms with Crippen LogP contribution in [0.2, 0.25) is 0 Å². The van der Waals surface area contributed by atoms with Crippen molar-refractivity contribution < 1.29 is 14.3 Å². The summed E-state index contributed by atoms with van der Waals surface area (Å²) < 4.78 is 7.72. The lowest BCUT2D eigenvalue weighted by Gasteiger charge is -2.34. The van der Waals surface area contributed by atoms with Crippen LogP contribution in [-0.2, 0) is 21.4 Å². The number of fused-ring (bicyclic) bond motifs is 1. The van der Waals surface area contributed by atoms with Gasteiger partial charge in [-0.15, -0.1) is 0 Å². The number of hydrogen-bond acceptors (Lipinski definition) is 6. The topological polar surface area (TPSA) is 89.4 Å². The summed E-state index contributed by atoms with van der Waals surface area (Å²) in [7, 11) is 0. The molecule has 0 aliphatic rings. The van der Waals surface area contributed by atoms with Crippen molar-refractivity contribution >= 4 is 23.0 Å². The van der Waals surface area contributed by atoms with Crippen molar-refractivity contribution in [3.05, 3.63) is 82.8 Å². The van der Waals surface area contributed by atoms with Gasteiger partial charge in [-0.2, -0.15) is 0 Å². The number of nitrogens with zero attached hydrogens (tertiary/aromatic N) is 4.